The van der Waals surface area contributed by atoms with E-state index in [2.05, 4.69) is 15.3 Å². The normalized spacial score (nSPS) is 13.3. The number of fused-ring (bicyclic) bond motifs is 1. The molecule has 29 heavy (non-hydrogen) atoms. The molecule has 1 aromatic carbocycles. The van der Waals surface area contributed by atoms with Crippen LogP contribution < -0.4 is 10.1 Å². The molecule has 4 rings (SSSR count). The molecule has 0 spiro atoms. The second-order valence-electron chi connectivity index (χ2n) is 6.61. The number of methoxy groups -OCH3 is 1. The largest absolute Gasteiger partial charge is 0.497 e. The Balaban J connectivity index is 1.43. The molecule has 0 fully saturated rings. The van der Waals surface area contributed by atoms with Crippen LogP contribution in [-0.2, 0) is 12.8 Å². The number of pyridine rings is 1. The number of aromatic nitrogens is 2. The maximum Gasteiger partial charge on any atom is 0.284 e. The number of benzene rings is 1. The molecule has 0 saturated heterocycles. The minimum absolute atomic E-state index is 0.0198. The number of anilines is 1. The summed E-state index contributed by atoms with van der Waals surface area (Å²) in [5, 5.41) is 3.25. The fourth-order valence-electron chi connectivity index (χ4n) is 3.22. The molecule has 3 aromatic rings. The predicted octanol–water partition coefficient (Wildman–Crippen LogP) is 3.04. The Bertz CT molecular complexity index is 1010. The van der Waals surface area contributed by atoms with Crippen LogP contribution in [0.25, 0.3) is 0 Å². The Morgan fingerprint density at radius 2 is 2.03 bits per heavy atom. The van der Waals surface area contributed by atoms with E-state index >= 15 is 0 Å². The third kappa shape index (κ3) is 4.27. The fourth-order valence-corrected chi connectivity index (χ4v) is 4.22. The number of carbonyl (C=O) groups excluding carboxylic acids is 2. The third-order valence-corrected chi connectivity index (χ3v) is 5.88. The van der Waals surface area contributed by atoms with E-state index in [-0.39, 0.29) is 11.8 Å². The first-order valence-electron chi connectivity index (χ1n) is 9.27. The number of amides is 2. The van der Waals surface area contributed by atoms with E-state index in [0.717, 1.165) is 10.6 Å². The summed E-state index contributed by atoms with van der Waals surface area (Å²) in [4.78, 5) is 36.7. The lowest BCUT2D eigenvalue weighted by atomic mass is 10.2. The van der Waals surface area contributed by atoms with Crippen molar-refractivity contribution in [2.24, 2.45) is 0 Å². The Morgan fingerprint density at radius 1 is 1.17 bits per heavy atom. The van der Waals surface area contributed by atoms with Gasteiger partial charge in [-0.3, -0.25) is 14.6 Å². The SMILES string of the molecule is COc1cccc(C(=O)N2CCc3nc(C(=O)Nc4cccnc4)sc3CC2)c1. The Morgan fingerprint density at radius 3 is 2.83 bits per heavy atom. The van der Waals surface area contributed by atoms with E-state index in [1.165, 1.54) is 11.3 Å². The lowest BCUT2D eigenvalue weighted by molar-refractivity contribution is 0.0762. The average Bonchev–Trinajstić information content (AvgIpc) is 3.07. The molecule has 148 valence electrons. The van der Waals surface area contributed by atoms with E-state index < -0.39 is 0 Å². The topological polar surface area (TPSA) is 84.4 Å². The first kappa shape index (κ1) is 19.1. The Labute approximate surface area is 172 Å². The van der Waals surface area contributed by atoms with Gasteiger partial charge in [-0.05, 0) is 30.3 Å². The van der Waals surface area contributed by atoms with E-state index in [9.17, 15) is 9.59 Å². The summed E-state index contributed by atoms with van der Waals surface area (Å²) in [6.07, 6.45) is 4.56. The molecule has 3 heterocycles. The lowest BCUT2D eigenvalue weighted by Gasteiger charge is -2.20. The maximum atomic E-state index is 12.9. The van der Waals surface area contributed by atoms with Gasteiger partial charge in [0.15, 0.2) is 5.01 Å². The molecule has 1 aliphatic heterocycles. The van der Waals surface area contributed by atoms with Crippen molar-refractivity contribution >= 4 is 28.8 Å². The predicted molar refractivity (Wildman–Crippen MR) is 111 cm³/mol. The zero-order chi connectivity index (χ0) is 20.2. The van der Waals surface area contributed by atoms with Gasteiger partial charge in [0.1, 0.15) is 5.75 Å². The molecule has 8 heteroatoms. The van der Waals surface area contributed by atoms with Crippen LogP contribution in [0.15, 0.2) is 48.8 Å². The highest BCUT2D eigenvalue weighted by Crippen LogP contribution is 2.25. The molecule has 7 nitrogen and oxygen atoms in total. The Kier molecular flexibility index (Phi) is 5.53. The van der Waals surface area contributed by atoms with E-state index in [1.807, 2.05) is 17.0 Å². The number of nitrogens with zero attached hydrogens (tertiary/aromatic N) is 3. The number of rotatable bonds is 4. The van der Waals surface area contributed by atoms with Gasteiger partial charge in [0.25, 0.3) is 11.8 Å². The van der Waals surface area contributed by atoms with Gasteiger partial charge < -0.3 is 15.0 Å². The summed E-state index contributed by atoms with van der Waals surface area (Å²) in [5.41, 5.74) is 2.14. The van der Waals surface area contributed by atoms with Crippen LogP contribution >= 0.6 is 11.3 Å². The zero-order valence-electron chi connectivity index (χ0n) is 15.9. The summed E-state index contributed by atoms with van der Waals surface area (Å²) < 4.78 is 5.21. The van der Waals surface area contributed by atoms with Crippen LogP contribution in [0.4, 0.5) is 5.69 Å². The lowest BCUT2D eigenvalue weighted by Crippen LogP contribution is -2.33. The highest BCUT2D eigenvalue weighted by atomic mass is 32.1. The molecule has 2 aromatic heterocycles. The second kappa shape index (κ2) is 8.40. The minimum atomic E-state index is -0.236. The molecule has 0 bridgehead atoms. The highest BCUT2D eigenvalue weighted by molar-refractivity contribution is 7.13. The van der Waals surface area contributed by atoms with Gasteiger partial charge in [0, 0.05) is 42.6 Å². The van der Waals surface area contributed by atoms with Gasteiger partial charge in [0.05, 0.1) is 24.7 Å². The van der Waals surface area contributed by atoms with Crippen LogP contribution in [0.2, 0.25) is 0 Å². The fraction of sp³-hybridized carbons (Fsp3) is 0.238. The van der Waals surface area contributed by atoms with Crippen molar-refractivity contribution in [3.8, 4) is 5.75 Å². The summed E-state index contributed by atoms with van der Waals surface area (Å²) in [5.74, 6) is 0.407. The smallest absolute Gasteiger partial charge is 0.284 e. The van der Waals surface area contributed by atoms with E-state index in [4.69, 9.17) is 4.74 Å². The van der Waals surface area contributed by atoms with Crippen LogP contribution in [0.1, 0.15) is 30.7 Å². The first-order chi connectivity index (χ1) is 14.1. The average molecular weight is 408 g/mol. The van der Waals surface area contributed by atoms with E-state index in [0.29, 0.717) is 47.9 Å². The van der Waals surface area contributed by atoms with Crippen LogP contribution in [0.5, 0.6) is 5.75 Å². The van der Waals surface area contributed by atoms with Crippen molar-refractivity contribution in [1.29, 1.82) is 0 Å². The molecule has 0 unspecified atom stereocenters. The molecule has 0 saturated carbocycles. The van der Waals surface area contributed by atoms with Crippen molar-refractivity contribution < 1.29 is 14.3 Å². The monoisotopic (exact) mass is 408 g/mol. The van der Waals surface area contributed by atoms with Crippen molar-refractivity contribution in [2.75, 3.05) is 25.5 Å². The van der Waals surface area contributed by atoms with Crippen molar-refractivity contribution in [3.05, 3.63) is 69.9 Å². The summed E-state index contributed by atoms with van der Waals surface area (Å²) in [6, 6.07) is 10.7. The van der Waals surface area contributed by atoms with Crippen LogP contribution in [0, 0.1) is 0 Å². The van der Waals surface area contributed by atoms with Gasteiger partial charge in [-0.25, -0.2) is 4.98 Å². The first-order valence-corrected chi connectivity index (χ1v) is 10.1. The molecule has 2 amide bonds. The second-order valence-corrected chi connectivity index (χ2v) is 7.69. The quantitative estimate of drug-likeness (QED) is 0.717. The highest BCUT2D eigenvalue weighted by Gasteiger charge is 2.24. The maximum absolute atomic E-state index is 12.9. The molecule has 0 aliphatic carbocycles. The van der Waals surface area contributed by atoms with E-state index in [1.54, 1.807) is 43.8 Å². The Hall–Kier alpha value is -3.26. The summed E-state index contributed by atoms with van der Waals surface area (Å²) >= 11 is 1.39. The van der Waals surface area contributed by atoms with Crippen LogP contribution in [0.3, 0.4) is 0 Å². The number of ether oxygens (including phenoxy) is 1. The van der Waals surface area contributed by atoms with Gasteiger partial charge in [-0.1, -0.05) is 6.07 Å². The standard InChI is InChI=1S/C21H20N4O3S/c1-28-16-6-2-4-14(12-16)21(27)25-10-7-17-18(8-11-25)29-20(24-17)19(26)23-15-5-3-9-22-13-15/h2-6,9,12-13H,7-8,10-11H2,1H3,(H,23,26). The van der Waals surface area contributed by atoms with Gasteiger partial charge in [0.2, 0.25) is 0 Å². The van der Waals surface area contributed by atoms with Crippen LogP contribution in [-0.4, -0.2) is 46.9 Å². The molecule has 1 aliphatic rings. The van der Waals surface area contributed by atoms with Crippen molar-refractivity contribution in [3.63, 3.8) is 0 Å². The number of carbonyl (C=O) groups is 2. The summed E-state index contributed by atoms with van der Waals surface area (Å²) in [6.45, 7) is 1.16. The number of hydrogen-bond acceptors (Lipinski definition) is 6. The van der Waals surface area contributed by atoms with Gasteiger partial charge >= 0.3 is 0 Å². The number of thiazole rings is 1. The van der Waals surface area contributed by atoms with Crippen molar-refractivity contribution in [2.45, 2.75) is 12.8 Å². The van der Waals surface area contributed by atoms with Crippen molar-refractivity contribution in [1.82, 2.24) is 14.9 Å². The zero-order valence-corrected chi connectivity index (χ0v) is 16.7. The number of nitrogens with one attached hydrogen (secondary N) is 1. The minimum Gasteiger partial charge on any atom is -0.497 e. The molecule has 0 radical (unpaired) electrons. The number of hydrogen-bond donors (Lipinski definition) is 1. The van der Waals surface area contributed by atoms with Gasteiger partial charge in [-0.2, -0.15) is 0 Å². The van der Waals surface area contributed by atoms with Gasteiger partial charge in [-0.15, -0.1) is 11.3 Å². The molecular weight excluding hydrogens is 388 g/mol. The summed E-state index contributed by atoms with van der Waals surface area (Å²) in [7, 11) is 1.58. The molecular formula is C21H20N4O3S. The molecule has 1 N–H and O–H groups in total. The third-order valence-electron chi connectivity index (χ3n) is 4.72. The molecule has 0 atom stereocenters.